The van der Waals surface area contributed by atoms with Gasteiger partial charge < -0.3 is 5.11 Å². The summed E-state index contributed by atoms with van der Waals surface area (Å²) in [5.41, 5.74) is 2.30. The molecule has 102 valence electrons. The van der Waals surface area contributed by atoms with Gasteiger partial charge in [0.25, 0.3) is 0 Å². The fraction of sp³-hybridized carbons (Fsp3) is 0.214. The number of hydrogen-bond acceptors (Lipinski definition) is 4. The minimum absolute atomic E-state index is 0.00880. The zero-order chi connectivity index (χ0) is 14.5. The molecule has 20 heavy (non-hydrogen) atoms. The van der Waals surface area contributed by atoms with Crippen LogP contribution in [0.2, 0.25) is 0 Å². The van der Waals surface area contributed by atoms with Crippen molar-refractivity contribution >= 4 is 17.7 Å². The van der Waals surface area contributed by atoms with Gasteiger partial charge in [-0.15, -0.1) is 0 Å². The molecule has 0 fully saturated rings. The van der Waals surface area contributed by atoms with Gasteiger partial charge in [0.2, 0.25) is 0 Å². The van der Waals surface area contributed by atoms with E-state index in [0.29, 0.717) is 5.56 Å². The quantitative estimate of drug-likeness (QED) is 0.855. The fourth-order valence-corrected chi connectivity index (χ4v) is 2.44. The summed E-state index contributed by atoms with van der Waals surface area (Å²) in [6, 6.07) is 11.0. The molecule has 1 heterocycles. The zero-order valence-corrected chi connectivity index (χ0v) is 11.7. The number of carboxylic acids is 1. The standard InChI is InChI=1S/C14H13N3O2S/c1-2-11-7-13(20-9-14(18)19)17(16-11)12-5-3-10(8-15)4-6-12/h3-7H,2,9H2,1H3,(H,18,19). The average Bonchev–Trinajstić information content (AvgIpc) is 2.88. The van der Waals surface area contributed by atoms with Crippen LogP contribution in [0.1, 0.15) is 18.2 Å². The van der Waals surface area contributed by atoms with E-state index in [1.165, 1.54) is 11.8 Å². The largest absolute Gasteiger partial charge is 0.481 e. The SMILES string of the molecule is CCc1cc(SCC(=O)O)n(-c2ccc(C#N)cc2)n1. The van der Waals surface area contributed by atoms with Crippen LogP contribution in [0, 0.1) is 11.3 Å². The van der Waals surface area contributed by atoms with Crippen molar-refractivity contribution in [2.24, 2.45) is 0 Å². The number of carboxylic acid groups (broad SMARTS) is 1. The number of nitrogens with zero attached hydrogens (tertiary/aromatic N) is 3. The topological polar surface area (TPSA) is 78.9 Å². The lowest BCUT2D eigenvalue weighted by molar-refractivity contribution is -0.133. The van der Waals surface area contributed by atoms with E-state index in [0.717, 1.165) is 22.8 Å². The molecule has 0 aliphatic rings. The second-order valence-electron chi connectivity index (χ2n) is 4.08. The average molecular weight is 287 g/mol. The van der Waals surface area contributed by atoms with Gasteiger partial charge in [0, 0.05) is 0 Å². The van der Waals surface area contributed by atoms with Gasteiger partial charge in [0.1, 0.15) is 5.03 Å². The van der Waals surface area contributed by atoms with Gasteiger partial charge >= 0.3 is 5.97 Å². The molecule has 0 amide bonds. The predicted molar refractivity (Wildman–Crippen MR) is 76.0 cm³/mol. The van der Waals surface area contributed by atoms with E-state index in [-0.39, 0.29) is 5.75 Å². The minimum Gasteiger partial charge on any atom is -0.481 e. The summed E-state index contributed by atoms with van der Waals surface area (Å²) in [6.07, 6.45) is 0.782. The Labute approximate surface area is 120 Å². The molecule has 1 aromatic carbocycles. The van der Waals surface area contributed by atoms with Crippen LogP contribution in [-0.2, 0) is 11.2 Å². The van der Waals surface area contributed by atoms with Crippen molar-refractivity contribution in [3.63, 3.8) is 0 Å². The van der Waals surface area contributed by atoms with Crippen molar-refractivity contribution in [1.29, 1.82) is 5.26 Å². The first-order valence-corrected chi connectivity index (χ1v) is 7.06. The van der Waals surface area contributed by atoms with Crippen molar-refractivity contribution in [1.82, 2.24) is 9.78 Å². The van der Waals surface area contributed by atoms with E-state index in [1.807, 2.05) is 13.0 Å². The summed E-state index contributed by atoms with van der Waals surface area (Å²) >= 11 is 1.23. The summed E-state index contributed by atoms with van der Waals surface area (Å²) in [6.45, 7) is 2.00. The van der Waals surface area contributed by atoms with E-state index < -0.39 is 5.97 Å². The summed E-state index contributed by atoms with van der Waals surface area (Å²) < 4.78 is 1.72. The minimum atomic E-state index is -0.861. The highest BCUT2D eigenvalue weighted by atomic mass is 32.2. The number of nitriles is 1. The molecule has 1 aromatic heterocycles. The lowest BCUT2D eigenvalue weighted by Gasteiger charge is -2.06. The molecule has 0 spiro atoms. The predicted octanol–water partition coefficient (Wildman–Crippen LogP) is 2.48. The molecule has 1 N–H and O–H groups in total. The molecule has 0 aliphatic carbocycles. The molecule has 0 saturated heterocycles. The molecule has 0 atom stereocenters. The van der Waals surface area contributed by atoms with Gasteiger partial charge in [-0.1, -0.05) is 18.7 Å². The molecular formula is C14H13N3O2S. The van der Waals surface area contributed by atoms with Gasteiger partial charge in [-0.25, -0.2) is 4.68 Å². The van der Waals surface area contributed by atoms with Crippen LogP contribution in [0.4, 0.5) is 0 Å². The Bertz CT molecular complexity index is 656. The first-order valence-electron chi connectivity index (χ1n) is 6.08. The number of rotatable bonds is 5. The van der Waals surface area contributed by atoms with Gasteiger partial charge in [-0.3, -0.25) is 4.79 Å². The summed E-state index contributed by atoms with van der Waals surface area (Å²) in [4.78, 5) is 10.7. The Morgan fingerprint density at radius 3 is 2.70 bits per heavy atom. The third-order valence-corrected chi connectivity index (χ3v) is 3.65. The molecule has 2 aromatic rings. The molecule has 0 saturated carbocycles. The van der Waals surface area contributed by atoms with Crippen LogP contribution in [0.5, 0.6) is 0 Å². The van der Waals surface area contributed by atoms with Crippen LogP contribution < -0.4 is 0 Å². The molecule has 0 radical (unpaired) electrons. The van der Waals surface area contributed by atoms with E-state index in [4.69, 9.17) is 10.4 Å². The summed E-state index contributed by atoms with van der Waals surface area (Å²) in [7, 11) is 0. The second-order valence-corrected chi connectivity index (χ2v) is 5.08. The monoisotopic (exact) mass is 287 g/mol. The Kier molecular flexibility index (Phi) is 4.43. The molecule has 5 nitrogen and oxygen atoms in total. The van der Waals surface area contributed by atoms with Crippen molar-refractivity contribution in [3.8, 4) is 11.8 Å². The van der Waals surface area contributed by atoms with Crippen LogP contribution >= 0.6 is 11.8 Å². The first-order chi connectivity index (χ1) is 9.63. The number of aromatic nitrogens is 2. The highest BCUT2D eigenvalue weighted by Crippen LogP contribution is 2.23. The highest BCUT2D eigenvalue weighted by Gasteiger charge is 2.11. The first kappa shape index (κ1) is 14.2. The third-order valence-electron chi connectivity index (χ3n) is 2.67. The van der Waals surface area contributed by atoms with Crippen LogP contribution in [0.25, 0.3) is 5.69 Å². The third kappa shape index (κ3) is 3.19. The van der Waals surface area contributed by atoms with Gasteiger partial charge in [-0.2, -0.15) is 10.4 Å². The lowest BCUT2D eigenvalue weighted by atomic mass is 10.2. The smallest absolute Gasteiger partial charge is 0.313 e. The summed E-state index contributed by atoms with van der Waals surface area (Å²) in [5.74, 6) is -0.869. The number of aliphatic carboxylic acids is 1. The molecule has 0 aliphatic heterocycles. The number of thioether (sulfide) groups is 1. The van der Waals surface area contributed by atoms with E-state index in [2.05, 4.69) is 11.2 Å². The molecule has 2 rings (SSSR count). The fourth-order valence-electron chi connectivity index (χ4n) is 1.68. The Balaban J connectivity index is 2.35. The number of benzene rings is 1. The highest BCUT2D eigenvalue weighted by molar-refractivity contribution is 7.99. The number of aryl methyl sites for hydroxylation is 1. The molecular weight excluding hydrogens is 274 g/mol. The maximum absolute atomic E-state index is 10.7. The van der Waals surface area contributed by atoms with E-state index in [9.17, 15) is 4.79 Å². The maximum Gasteiger partial charge on any atom is 0.313 e. The number of carbonyl (C=O) groups is 1. The molecule has 6 heteroatoms. The van der Waals surface area contributed by atoms with E-state index in [1.54, 1.807) is 28.9 Å². The maximum atomic E-state index is 10.7. The number of hydrogen-bond donors (Lipinski definition) is 1. The summed E-state index contributed by atoms with van der Waals surface area (Å²) in [5, 5.41) is 22.8. The Morgan fingerprint density at radius 1 is 1.45 bits per heavy atom. The Hall–Kier alpha value is -2.26. The van der Waals surface area contributed by atoms with Gasteiger partial charge in [0.05, 0.1) is 28.8 Å². The van der Waals surface area contributed by atoms with Crippen LogP contribution in [0.3, 0.4) is 0 Å². The van der Waals surface area contributed by atoms with Crippen molar-refractivity contribution in [3.05, 3.63) is 41.6 Å². The second kappa shape index (κ2) is 6.26. The zero-order valence-electron chi connectivity index (χ0n) is 10.9. The van der Waals surface area contributed by atoms with Crippen molar-refractivity contribution < 1.29 is 9.90 Å². The normalized spacial score (nSPS) is 10.2. The van der Waals surface area contributed by atoms with Crippen LogP contribution in [0.15, 0.2) is 35.4 Å². The molecule has 0 bridgehead atoms. The van der Waals surface area contributed by atoms with Crippen LogP contribution in [-0.4, -0.2) is 26.6 Å². The van der Waals surface area contributed by atoms with Gasteiger partial charge in [-0.05, 0) is 36.8 Å². The van der Waals surface area contributed by atoms with Crippen molar-refractivity contribution in [2.75, 3.05) is 5.75 Å². The Morgan fingerprint density at radius 2 is 2.15 bits per heavy atom. The molecule has 0 unspecified atom stereocenters. The lowest BCUT2D eigenvalue weighted by Crippen LogP contribution is -2.02. The van der Waals surface area contributed by atoms with Gasteiger partial charge in [0.15, 0.2) is 0 Å². The van der Waals surface area contributed by atoms with E-state index >= 15 is 0 Å². The van der Waals surface area contributed by atoms with Crippen molar-refractivity contribution in [2.45, 2.75) is 18.4 Å².